The summed E-state index contributed by atoms with van der Waals surface area (Å²) in [6, 6.07) is 51.3. The van der Waals surface area contributed by atoms with E-state index in [0.717, 1.165) is 11.1 Å². The van der Waals surface area contributed by atoms with E-state index in [9.17, 15) is 0 Å². The van der Waals surface area contributed by atoms with E-state index in [4.69, 9.17) is 5.26 Å². The van der Waals surface area contributed by atoms with Crippen LogP contribution in [0.3, 0.4) is 0 Å². The number of rotatable bonds is 5. The number of benzene rings is 6. The molecule has 0 amide bonds. The van der Waals surface area contributed by atoms with Crippen molar-refractivity contribution in [1.82, 2.24) is 0 Å². The second kappa shape index (κ2) is 11.7. The van der Waals surface area contributed by atoms with Crippen molar-refractivity contribution in [1.29, 1.82) is 5.26 Å². The third kappa shape index (κ3) is 4.62. The molecule has 6 aromatic rings. The third-order valence-electron chi connectivity index (χ3n) is 8.37. The minimum Gasteiger partial charge on any atom is -0.337 e. The van der Waals surface area contributed by atoms with Crippen LogP contribution in [0.15, 0.2) is 158 Å². The molecule has 0 saturated carbocycles. The van der Waals surface area contributed by atoms with Gasteiger partial charge < -0.3 is 5.73 Å². The van der Waals surface area contributed by atoms with Crippen molar-refractivity contribution < 1.29 is 0 Å². The Balaban J connectivity index is 0.00000105. The molecular weight excluding hydrogens is 520 g/mol. The summed E-state index contributed by atoms with van der Waals surface area (Å²) in [6.45, 7) is 6.31. The van der Waals surface area contributed by atoms with Crippen LogP contribution in [0.2, 0.25) is 0 Å². The van der Waals surface area contributed by atoms with Crippen LogP contribution in [0.5, 0.6) is 0 Å². The summed E-state index contributed by atoms with van der Waals surface area (Å²) in [4.78, 5) is 0. The molecule has 2 nitrogen and oxygen atoms in total. The van der Waals surface area contributed by atoms with Crippen LogP contribution in [0.1, 0.15) is 34.7 Å². The fraction of sp³-hybridized carbons (Fsp3) is 0.0488. The van der Waals surface area contributed by atoms with Gasteiger partial charge in [-0.05, 0) is 85.5 Å². The van der Waals surface area contributed by atoms with Gasteiger partial charge in [-0.1, -0.05) is 146 Å². The topological polar surface area (TPSA) is 49.8 Å². The maximum Gasteiger partial charge on any atom is 0.173 e. The highest BCUT2D eigenvalue weighted by atomic mass is 14.5. The van der Waals surface area contributed by atoms with Crippen LogP contribution >= 0.6 is 0 Å². The molecule has 0 radical (unpaired) electrons. The molecule has 7 rings (SSSR count). The van der Waals surface area contributed by atoms with E-state index in [1.54, 1.807) is 0 Å². The molecule has 0 aromatic heterocycles. The molecule has 6 aromatic carbocycles. The second-order valence-corrected chi connectivity index (χ2v) is 10.7. The standard InChI is InChI=1S/C40H30.CH2N2/c1-3-13-28(2)30-15-12-16-31(26-30)32-22-24-36-38(27-32)40(33-17-6-4-7-18-33,34-19-8-5-9-20-34)37-25-23-29-14-10-11-21-35(29)39(36)37;2-1-3/h3-27H,2H2,1H3;2H2/b13-3-;. The second-order valence-electron chi connectivity index (χ2n) is 10.7. The predicted molar refractivity (Wildman–Crippen MR) is 180 cm³/mol. The molecule has 0 saturated heterocycles. The van der Waals surface area contributed by atoms with E-state index in [0.29, 0.717) is 0 Å². The monoisotopic (exact) mass is 552 g/mol. The Bertz CT molecular complexity index is 1970. The van der Waals surface area contributed by atoms with Gasteiger partial charge in [-0.15, -0.1) is 0 Å². The highest BCUT2D eigenvalue weighted by Crippen LogP contribution is 2.58. The van der Waals surface area contributed by atoms with E-state index in [1.165, 1.54) is 61.5 Å². The molecule has 2 N–H and O–H groups in total. The summed E-state index contributed by atoms with van der Waals surface area (Å²) in [7, 11) is 0. The fourth-order valence-electron chi connectivity index (χ4n) is 6.63. The average molecular weight is 553 g/mol. The molecule has 0 heterocycles. The summed E-state index contributed by atoms with van der Waals surface area (Å²) in [5.41, 5.74) is 16.2. The Labute approximate surface area is 253 Å². The average Bonchev–Trinajstić information content (AvgIpc) is 3.37. The highest BCUT2D eigenvalue weighted by molar-refractivity contribution is 6.04. The first-order chi connectivity index (χ1) is 21.1. The molecule has 0 bridgehead atoms. The molecule has 206 valence electrons. The highest BCUT2D eigenvalue weighted by Gasteiger charge is 2.46. The first-order valence-corrected chi connectivity index (χ1v) is 14.4. The van der Waals surface area contributed by atoms with E-state index in [2.05, 4.69) is 158 Å². The maximum atomic E-state index is 7.10. The lowest BCUT2D eigenvalue weighted by atomic mass is 9.67. The van der Waals surface area contributed by atoms with Crippen molar-refractivity contribution in [3.63, 3.8) is 0 Å². The van der Waals surface area contributed by atoms with Gasteiger partial charge in [-0.2, -0.15) is 5.26 Å². The fourth-order valence-corrected chi connectivity index (χ4v) is 6.63. The number of nitrogens with zero attached hydrogens (tertiary/aromatic N) is 1. The van der Waals surface area contributed by atoms with Gasteiger partial charge in [0.2, 0.25) is 0 Å². The van der Waals surface area contributed by atoms with Gasteiger partial charge >= 0.3 is 0 Å². The third-order valence-corrected chi connectivity index (χ3v) is 8.37. The number of allylic oxidation sites excluding steroid dienone is 3. The quantitative estimate of drug-likeness (QED) is 0.131. The van der Waals surface area contributed by atoms with Crippen LogP contribution in [0.4, 0.5) is 0 Å². The van der Waals surface area contributed by atoms with Gasteiger partial charge in [-0.25, -0.2) is 0 Å². The lowest BCUT2D eigenvalue weighted by molar-refractivity contribution is 0.769. The Morgan fingerprint density at radius 1 is 0.698 bits per heavy atom. The van der Waals surface area contributed by atoms with Gasteiger partial charge in [0.15, 0.2) is 6.19 Å². The lowest BCUT2D eigenvalue weighted by Gasteiger charge is -2.34. The molecule has 1 aliphatic rings. The summed E-state index contributed by atoms with van der Waals surface area (Å²) in [6.07, 6.45) is 5.36. The SMILES string of the molecule is C=C(/C=C\C)c1cccc(-c2ccc3c(c2)C(c2ccccc2)(c2ccccc2)c2ccc4ccccc4c2-3)c1.N#CN. The van der Waals surface area contributed by atoms with Crippen molar-refractivity contribution >= 4 is 16.3 Å². The molecule has 0 atom stereocenters. The molecular formula is C41H32N2. The largest absolute Gasteiger partial charge is 0.337 e. The Morgan fingerprint density at radius 3 is 2.00 bits per heavy atom. The maximum absolute atomic E-state index is 7.10. The van der Waals surface area contributed by atoms with Crippen LogP contribution < -0.4 is 5.73 Å². The normalized spacial score (nSPS) is 12.6. The summed E-state index contributed by atoms with van der Waals surface area (Å²) < 4.78 is 0. The zero-order valence-corrected chi connectivity index (χ0v) is 24.2. The number of fused-ring (bicyclic) bond motifs is 5. The molecule has 0 aliphatic heterocycles. The van der Waals surface area contributed by atoms with Crippen LogP contribution in [-0.4, -0.2) is 0 Å². The molecule has 0 spiro atoms. The molecule has 2 heteroatoms. The van der Waals surface area contributed by atoms with Crippen molar-refractivity contribution in [3.05, 3.63) is 186 Å². The Morgan fingerprint density at radius 2 is 1.33 bits per heavy atom. The van der Waals surface area contributed by atoms with E-state index in [-0.39, 0.29) is 0 Å². The zero-order valence-electron chi connectivity index (χ0n) is 24.2. The predicted octanol–water partition coefficient (Wildman–Crippen LogP) is 9.89. The van der Waals surface area contributed by atoms with E-state index in [1.807, 2.05) is 13.0 Å². The zero-order chi connectivity index (χ0) is 29.8. The number of nitrogens with two attached hydrogens (primary N) is 1. The summed E-state index contributed by atoms with van der Waals surface area (Å²) in [5.74, 6) is 0. The first-order valence-electron chi connectivity index (χ1n) is 14.4. The first kappa shape index (κ1) is 27.5. The van der Waals surface area contributed by atoms with Crippen LogP contribution in [-0.2, 0) is 5.41 Å². The lowest BCUT2D eigenvalue weighted by Crippen LogP contribution is -2.28. The van der Waals surface area contributed by atoms with Gasteiger partial charge in [0.05, 0.1) is 5.41 Å². The van der Waals surface area contributed by atoms with Crippen molar-refractivity contribution in [2.24, 2.45) is 5.73 Å². The van der Waals surface area contributed by atoms with Gasteiger partial charge in [0.1, 0.15) is 0 Å². The number of hydrogen-bond acceptors (Lipinski definition) is 2. The molecule has 1 aliphatic carbocycles. The van der Waals surface area contributed by atoms with Crippen LogP contribution in [0, 0.1) is 11.5 Å². The van der Waals surface area contributed by atoms with Gasteiger partial charge in [-0.3, -0.25) is 0 Å². The number of nitriles is 1. The smallest absolute Gasteiger partial charge is 0.173 e. The van der Waals surface area contributed by atoms with Crippen LogP contribution in [0.25, 0.3) is 38.6 Å². The van der Waals surface area contributed by atoms with Gasteiger partial charge in [0.25, 0.3) is 0 Å². The van der Waals surface area contributed by atoms with Gasteiger partial charge in [0, 0.05) is 0 Å². The molecule has 43 heavy (non-hydrogen) atoms. The Kier molecular flexibility index (Phi) is 7.48. The van der Waals surface area contributed by atoms with Crippen molar-refractivity contribution in [2.75, 3.05) is 0 Å². The summed E-state index contributed by atoms with van der Waals surface area (Å²) >= 11 is 0. The van der Waals surface area contributed by atoms with E-state index < -0.39 is 5.41 Å². The Hall–Kier alpha value is -5.65. The number of hydrogen-bond donors (Lipinski definition) is 1. The minimum atomic E-state index is -0.431. The summed E-state index contributed by atoms with van der Waals surface area (Å²) in [5, 5.41) is 9.66. The van der Waals surface area contributed by atoms with Crippen molar-refractivity contribution in [3.8, 4) is 28.4 Å². The van der Waals surface area contributed by atoms with E-state index >= 15 is 0 Å². The minimum absolute atomic E-state index is 0.431. The molecule has 0 fully saturated rings. The molecule has 0 unspecified atom stereocenters. The van der Waals surface area contributed by atoms with Crippen molar-refractivity contribution in [2.45, 2.75) is 12.3 Å².